The SMILES string of the molecule is CCOC1CC(O)C12CCN(C(=O)NCc1ccc(C(=O)O)cc1)CC2. The maximum Gasteiger partial charge on any atom is 0.335 e. The van der Waals surface area contributed by atoms with E-state index in [0.717, 1.165) is 18.4 Å². The van der Waals surface area contributed by atoms with E-state index in [4.69, 9.17) is 9.84 Å². The molecule has 1 aliphatic carbocycles. The summed E-state index contributed by atoms with van der Waals surface area (Å²) in [6.07, 6.45) is 1.95. The van der Waals surface area contributed by atoms with Gasteiger partial charge >= 0.3 is 12.0 Å². The van der Waals surface area contributed by atoms with Crippen LogP contribution in [0.1, 0.15) is 42.1 Å². The number of nitrogens with zero attached hydrogens (tertiary/aromatic N) is 1. The third kappa shape index (κ3) is 3.54. The summed E-state index contributed by atoms with van der Waals surface area (Å²) in [4.78, 5) is 25.0. The fourth-order valence-corrected chi connectivity index (χ4v) is 4.00. The molecular weight excluding hydrogens is 336 g/mol. The molecule has 1 spiro atoms. The minimum absolute atomic E-state index is 0.0976. The molecule has 2 unspecified atom stereocenters. The fraction of sp³-hybridized carbons (Fsp3) is 0.579. The quantitative estimate of drug-likeness (QED) is 0.742. The van der Waals surface area contributed by atoms with Gasteiger partial charge in [-0.15, -0.1) is 0 Å². The Morgan fingerprint density at radius 2 is 1.92 bits per heavy atom. The second kappa shape index (κ2) is 7.63. The van der Waals surface area contributed by atoms with Crippen LogP contribution in [0.5, 0.6) is 0 Å². The van der Waals surface area contributed by atoms with Crippen LogP contribution in [0.4, 0.5) is 4.79 Å². The zero-order chi connectivity index (χ0) is 18.7. The number of aromatic carboxylic acids is 1. The number of carboxylic acids is 1. The first-order valence-corrected chi connectivity index (χ1v) is 9.11. The van der Waals surface area contributed by atoms with Crippen molar-refractivity contribution in [2.24, 2.45) is 5.41 Å². The molecule has 1 saturated carbocycles. The van der Waals surface area contributed by atoms with Crippen LogP contribution in [0.25, 0.3) is 0 Å². The summed E-state index contributed by atoms with van der Waals surface area (Å²) in [5.74, 6) is -0.966. The van der Waals surface area contributed by atoms with Crippen LogP contribution in [0.15, 0.2) is 24.3 Å². The van der Waals surface area contributed by atoms with E-state index >= 15 is 0 Å². The summed E-state index contributed by atoms with van der Waals surface area (Å²) in [6, 6.07) is 6.32. The van der Waals surface area contributed by atoms with Crippen LogP contribution in [-0.4, -0.2) is 59.0 Å². The molecule has 0 aromatic heterocycles. The predicted molar refractivity (Wildman–Crippen MR) is 94.9 cm³/mol. The number of amides is 2. The van der Waals surface area contributed by atoms with E-state index in [1.165, 1.54) is 12.1 Å². The first kappa shape index (κ1) is 18.7. The molecule has 1 aromatic carbocycles. The number of hydrogen-bond acceptors (Lipinski definition) is 4. The summed E-state index contributed by atoms with van der Waals surface area (Å²) in [5.41, 5.74) is 0.881. The zero-order valence-corrected chi connectivity index (χ0v) is 15.0. The molecule has 1 saturated heterocycles. The molecule has 142 valence electrons. The molecule has 26 heavy (non-hydrogen) atoms. The Labute approximate surface area is 152 Å². The predicted octanol–water partition coefficient (Wildman–Crippen LogP) is 1.85. The average molecular weight is 362 g/mol. The average Bonchev–Trinajstić information content (AvgIpc) is 2.66. The Hall–Kier alpha value is -2.12. The highest BCUT2D eigenvalue weighted by atomic mass is 16.5. The lowest BCUT2D eigenvalue weighted by atomic mass is 9.58. The molecule has 0 radical (unpaired) electrons. The molecule has 2 fully saturated rings. The monoisotopic (exact) mass is 362 g/mol. The van der Waals surface area contributed by atoms with Crippen LogP contribution in [-0.2, 0) is 11.3 Å². The number of likely N-dealkylation sites (tertiary alicyclic amines) is 1. The fourth-order valence-electron chi connectivity index (χ4n) is 4.00. The van der Waals surface area contributed by atoms with E-state index in [1.54, 1.807) is 17.0 Å². The van der Waals surface area contributed by atoms with Crippen molar-refractivity contribution in [1.29, 1.82) is 0 Å². The van der Waals surface area contributed by atoms with Crippen LogP contribution >= 0.6 is 0 Å². The third-order valence-electron chi connectivity index (χ3n) is 5.74. The van der Waals surface area contributed by atoms with E-state index in [9.17, 15) is 14.7 Å². The van der Waals surface area contributed by atoms with Crippen LogP contribution in [0.3, 0.4) is 0 Å². The van der Waals surface area contributed by atoms with Crippen molar-refractivity contribution in [2.45, 2.75) is 44.9 Å². The van der Waals surface area contributed by atoms with Gasteiger partial charge in [0.15, 0.2) is 0 Å². The van der Waals surface area contributed by atoms with E-state index in [-0.39, 0.29) is 29.2 Å². The first-order chi connectivity index (χ1) is 12.5. The molecule has 1 heterocycles. The molecule has 7 nitrogen and oxygen atoms in total. The van der Waals surface area contributed by atoms with E-state index in [0.29, 0.717) is 32.7 Å². The van der Waals surface area contributed by atoms with Gasteiger partial charge in [0.1, 0.15) is 0 Å². The minimum atomic E-state index is -0.966. The molecule has 3 rings (SSSR count). The van der Waals surface area contributed by atoms with Crippen molar-refractivity contribution in [3.63, 3.8) is 0 Å². The highest BCUT2D eigenvalue weighted by molar-refractivity contribution is 5.87. The smallest absolute Gasteiger partial charge is 0.335 e. The second-order valence-corrected chi connectivity index (χ2v) is 7.08. The number of aliphatic hydroxyl groups is 1. The number of nitrogens with one attached hydrogen (secondary N) is 1. The van der Waals surface area contributed by atoms with E-state index in [2.05, 4.69) is 5.32 Å². The lowest BCUT2D eigenvalue weighted by molar-refractivity contribution is -0.207. The lowest BCUT2D eigenvalue weighted by Gasteiger charge is -2.56. The highest BCUT2D eigenvalue weighted by Gasteiger charge is 2.56. The van der Waals surface area contributed by atoms with Gasteiger partial charge in [-0.3, -0.25) is 0 Å². The number of urea groups is 1. The molecule has 2 atom stereocenters. The number of benzene rings is 1. The first-order valence-electron chi connectivity index (χ1n) is 9.11. The standard InChI is InChI=1S/C19H26N2O5/c1-2-26-16-11-15(22)19(16)7-9-21(10-8-19)18(25)20-12-13-3-5-14(6-4-13)17(23)24/h3-6,15-16,22H,2,7-12H2,1H3,(H,20,25)(H,23,24). The minimum Gasteiger partial charge on any atom is -0.478 e. The Morgan fingerprint density at radius 3 is 2.46 bits per heavy atom. The highest BCUT2D eigenvalue weighted by Crippen LogP contribution is 2.50. The van der Waals surface area contributed by atoms with Gasteiger partial charge in [0, 0.05) is 38.1 Å². The van der Waals surface area contributed by atoms with Crippen molar-refractivity contribution in [2.75, 3.05) is 19.7 Å². The van der Waals surface area contributed by atoms with E-state index in [1.807, 2.05) is 6.92 Å². The van der Waals surface area contributed by atoms with Crippen LogP contribution in [0.2, 0.25) is 0 Å². The molecule has 2 aliphatic rings. The molecule has 1 aromatic rings. The van der Waals surface area contributed by atoms with E-state index < -0.39 is 5.97 Å². The van der Waals surface area contributed by atoms with Crippen molar-refractivity contribution >= 4 is 12.0 Å². The number of hydrogen-bond donors (Lipinski definition) is 3. The molecule has 2 amide bonds. The van der Waals surface area contributed by atoms with Gasteiger partial charge in [0.2, 0.25) is 0 Å². The normalized spacial score (nSPS) is 24.2. The molecule has 0 bridgehead atoms. The third-order valence-corrected chi connectivity index (χ3v) is 5.74. The Balaban J connectivity index is 1.48. The summed E-state index contributed by atoms with van der Waals surface area (Å²) in [6.45, 7) is 4.16. The second-order valence-electron chi connectivity index (χ2n) is 7.08. The molecule has 7 heteroatoms. The zero-order valence-electron chi connectivity index (χ0n) is 15.0. The van der Waals surface area contributed by atoms with Gasteiger partial charge in [-0.1, -0.05) is 12.1 Å². The number of carboxylic acid groups (broad SMARTS) is 1. The van der Waals surface area contributed by atoms with Crippen molar-refractivity contribution in [3.8, 4) is 0 Å². The topological polar surface area (TPSA) is 99.1 Å². The van der Waals surface area contributed by atoms with Crippen molar-refractivity contribution in [3.05, 3.63) is 35.4 Å². The molecule has 3 N–H and O–H groups in total. The molecule has 1 aliphatic heterocycles. The van der Waals surface area contributed by atoms with Gasteiger partial charge in [-0.25, -0.2) is 9.59 Å². The summed E-state index contributed by atoms with van der Waals surface area (Å²) >= 11 is 0. The van der Waals surface area contributed by atoms with Crippen molar-refractivity contribution < 1.29 is 24.5 Å². The maximum absolute atomic E-state index is 12.4. The van der Waals surface area contributed by atoms with Gasteiger partial charge in [0.25, 0.3) is 0 Å². The summed E-state index contributed by atoms with van der Waals surface area (Å²) in [5, 5.41) is 22.0. The summed E-state index contributed by atoms with van der Waals surface area (Å²) < 4.78 is 5.75. The number of aliphatic hydroxyl groups excluding tert-OH is 1. The summed E-state index contributed by atoms with van der Waals surface area (Å²) in [7, 11) is 0. The van der Waals surface area contributed by atoms with Gasteiger partial charge in [0.05, 0.1) is 17.8 Å². The number of ether oxygens (including phenoxy) is 1. The largest absolute Gasteiger partial charge is 0.478 e. The van der Waals surface area contributed by atoms with Gasteiger partial charge in [-0.2, -0.15) is 0 Å². The lowest BCUT2D eigenvalue weighted by Crippen LogP contribution is -2.63. The Bertz CT molecular complexity index is 650. The number of piperidine rings is 1. The van der Waals surface area contributed by atoms with Gasteiger partial charge in [-0.05, 0) is 37.5 Å². The van der Waals surface area contributed by atoms with Crippen LogP contribution in [0, 0.1) is 5.41 Å². The number of carbonyl (C=O) groups excluding carboxylic acids is 1. The van der Waals surface area contributed by atoms with Gasteiger partial charge < -0.3 is 25.2 Å². The number of rotatable bonds is 5. The maximum atomic E-state index is 12.4. The Morgan fingerprint density at radius 1 is 1.27 bits per heavy atom. The molecular formula is C19H26N2O5. The van der Waals surface area contributed by atoms with Crippen LogP contribution < -0.4 is 5.32 Å². The van der Waals surface area contributed by atoms with Crippen molar-refractivity contribution in [1.82, 2.24) is 10.2 Å². The Kier molecular flexibility index (Phi) is 5.48. The number of carbonyl (C=O) groups is 2.